The largest absolute Gasteiger partial charge is 0.466 e. The SMILES string of the molecule is CCOC(=O)C1CC[NH+]([C@H](C)c2nnc(-c3cccc(C)c3)o2)CC1. The van der Waals surface area contributed by atoms with Crippen molar-refractivity contribution < 1.29 is 18.8 Å². The van der Waals surface area contributed by atoms with E-state index in [1.807, 2.05) is 38.1 Å². The Balaban J connectivity index is 1.63. The van der Waals surface area contributed by atoms with Crippen molar-refractivity contribution >= 4 is 5.97 Å². The highest BCUT2D eigenvalue weighted by atomic mass is 16.5. The number of nitrogens with zero attached hydrogens (tertiary/aromatic N) is 2. The molecule has 134 valence electrons. The average molecular weight is 344 g/mol. The Bertz CT molecular complexity index is 720. The second kappa shape index (κ2) is 7.78. The molecule has 6 nitrogen and oxygen atoms in total. The fraction of sp³-hybridized carbons (Fsp3) is 0.526. The van der Waals surface area contributed by atoms with E-state index >= 15 is 0 Å². The second-order valence-corrected chi connectivity index (χ2v) is 6.72. The van der Waals surface area contributed by atoms with Gasteiger partial charge in [-0.15, -0.1) is 10.2 Å². The smallest absolute Gasteiger partial charge is 0.309 e. The number of hydrogen-bond donors (Lipinski definition) is 1. The summed E-state index contributed by atoms with van der Waals surface area (Å²) in [7, 11) is 0. The molecule has 1 saturated heterocycles. The number of likely N-dealkylation sites (tertiary alicyclic amines) is 1. The number of aromatic nitrogens is 2. The average Bonchev–Trinajstić information content (AvgIpc) is 3.11. The summed E-state index contributed by atoms with van der Waals surface area (Å²) in [5.41, 5.74) is 2.11. The molecule has 3 rings (SSSR count). The van der Waals surface area contributed by atoms with Gasteiger partial charge in [-0.25, -0.2) is 0 Å². The van der Waals surface area contributed by atoms with Gasteiger partial charge in [0, 0.05) is 18.4 Å². The molecule has 1 aliphatic rings. The molecule has 2 heterocycles. The molecule has 0 saturated carbocycles. The number of rotatable bonds is 5. The molecule has 1 aromatic carbocycles. The predicted molar refractivity (Wildman–Crippen MR) is 92.9 cm³/mol. The topological polar surface area (TPSA) is 69.7 Å². The maximum absolute atomic E-state index is 11.9. The lowest BCUT2D eigenvalue weighted by molar-refractivity contribution is -0.936. The minimum Gasteiger partial charge on any atom is -0.466 e. The van der Waals surface area contributed by atoms with E-state index in [9.17, 15) is 4.79 Å². The number of quaternary nitrogens is 1. The first-order valence-electron chi connectivity index (χ1n) is 9.00. The molecule has 1 aromatic heterocycles. The number of piperidine rings is 1. The van der Waals surface area contributed by atoms with Crippen molar-refractivity contribution in [1.82, 2.24) is 10.2 Å². The number of ether oxygens (including phenoxy) is 1. The van der Waals surface area contributed by atoms with Gasteiger partial charge in [0.2, 0.25) is 5.89 Å². The van der Waals surface area contributed by atoms with E-state index < -0.39 is 0 Å². The molecule has 0 amide bonds. The summed E-state index contributed by atoms with van der Waals surface area (Å²) in [6.45, 7) is 8.27. The van der Waals surface area contributed by atoms with Crippen molar-refractivity contribution in [2.45, 2.75) is 39.7 Å². The zero-order valence-corrected chi connectivity index (χ0v) is 15.1. The molecule has 0 unspecified atom stereocenters. The van der Waals surface area contributed by atoms with E-state index in [2.05, 4.69) is 17.1 Å². The molecule has 6 heteroatoms. The molecule has 0 spiro atoms. The third-order valence-corrected chi connectivity index (χ3v) is 4.94. The molecule has 0 bridgehead atoms. The number of carbonyl (C=O) groups is 1. The van der Waals surface area contributed by atoms with E-state index in [0.717, 1.165) is 37.1 Å². The monoisotopic (exact) mass is 344 g/mol. The lowest BCUT2D eigenvalue weighted by atomic mass is 9.96. The van der Waals surface area contributed by atoms with Gasteiger partial charge in [0.05, 0.1) is 25.6 Å². The Morgan fingerprint density at radius 1 is 1.36 bits per heavy atom. The predicted octanol–water partition coefficient (Wildman–Crippen LogP) is 1.96. The van der Waals surface area contributed by atoms with Crippen molar-refractivity contribution in [3.05, 3.63) is 35.7 Å². The van der Waals surface area contributed by atoms with E-state index in [4.69, 9.17) is 9.15 Å². The van der Waals surface area contributed by atoms with Gasteiger partial charge in [0.15, 0.2) is 6.04 Å². The number of esters is 1. The molecular weight excluding hydrogens is 318 g/mol. The van der Waals surface area contributed by atoms with E-state index in [0.29, 0.717) is 18.4 Å². The normalized spacial score (nSPS) is 21.7. The molecular formula is C19H26N3O3+. The lowest BCUT2D eigenvalue weighted by Gasteiger charge is -2.30. The summed E-state index contributed by atoms with van der Waals surface area (Å²) in [5, 5.41) is 8.46. The minimum atomic E-state index is -0.0614. The highest BCUT2D eigenvalue weighted by Crippen LogP contribution is 2.21. The van der Waals surface area contributed by atoms with E-state index in [1.165, 1.54) is 4.90 Å². The van der Waals surface area contributed by atoms with Crippen LogP contribution in [0.5, 0.6) is 0 Å². The molecule has 0 radical (unpaired) electrons. The van der Waals surface area contributed by atoms with Crippen LogP contribution in [0.1, 0.15) is 44.2 Å². The number of benzene rings is 1. The van der Waals surface area contributed by atoms with Gasteiger partial charge in [0.25, 0.3) is 5.89 Å². The van der Waals surface area contributed by atoms with Crippen LogP contribution in [0.3, 0.4) is 0 Å². The van der Waals surface area contributed by atoms with Crippen LogP contribution < -0.4 is 4.90 Å². The Hall–Kier alpha value is -2.21. The van der Waals surface area contributed by atoms with Crippen molar-refractivity contribution in [3.63, 3.8) is 0 Å². The quantitative estimate of drug-likeness (QED) is 0.840. The van der Waals surface area contributed by atoms with Gasteiger partial charge >= 0.3 is 5.97 Å². The zero-order chi connectivity index (χ0) is 17.8. The first kappa shape index (κ1) is 17.6. The molecule has 1 N–H and O–H groups in total. The van der Waals surface area contributed by atoms with Gasteiger partial charge < -0.3 is 14.1 Å². The van der Waals surface area contributed by atoms with E-state index in [-0.39, 0.29) is 17.9 Å². The summed E-state index contributed by atoms with van der Waals surface area (Å²) >= 11 is 0. The first-order chi connectivity index (χ1) is 12.1. The summed E-state index contributed by atoms with van der Waals surface area (Å²) in [6.07, 6.45) is 1.69. The minimum absolute atomic E-state index is 0.0291. The Kier molecular flexibility index (Phi) is 5.48. The number of nitrogens with one attached hydrogen (secondary N) is 1. The fourth-order valence-electron chi connectivity index (χ4n) is 3.40. The van der Waals surface area contributed by atoms with Crippen LogP contribution >= 0.6 is 0 Å². The summed E-state index contributed by atoms with van der Waals surface area (Å²) in [6, 6.07) is 8.17. The van der Waals surface area contributed by atoms with E-state index in [1.54, 1.807) is 0 Å². The Morgan fingerprint density at radius 3 is 2.80 bits per heavy atom. The Morgan fingerprint density at radius 2 is 2.12 bits per heavy atom. The van der Waals surface area contributed by atoms with Gasteiger partial charge in [-0.05, 0) is 32.9 Å². The molecule has 1 atom stereocenters. The van der Waals surface area contributed by atoms with Crippen LogP contribution in [0.15, 0.2) is 28.7 Å². The van der Waals surface area contributed by atoms with Crippen molar-refractivity contribution in [3.8, 4) is 11.5 Å². The first-order valence-corrected chi connectivity index (χ1v) is 9.00. The van der Waals surface area contributed by atoms with Gasteiger partial charge in [0.1, 0.15) is 0 Å². The van der Waals surface area contributed by atoms with Crippen LogP contribution in [0.4, 0.5) is 0 Å². The molecule has 1 fully saturated rings. The third kappa shape index (κ3) is 4.07. The van der Waals surface area contributed by atoms with Gasteiger partial charge in [-0.1, -0.05) is 17.7 Å². The third-order valence-electron chi connectivity index (χ3n) is 4.94. The van der Waals surface area contributed by atoms with Crippen molar-refractivity contribution in [2.24, 2.45) is 5.92 Å². The maximum atomic E-state index is 11.9. The molecule has 0 aliphatic carbocycles. The van der Waals surface area contributed by atoms with Crippen molar-refractivity contribution in [1.29, 1.82) is 0 Å². The number of hydrogen-bond acceptors (Lipinski definition) is 5. The lowest BCUT2D eigenvalue weighted by Crippen LogP contribution is -3.13. The van der Waals surface area contributed by atoms with Gasteiger partial charge in [-0.2, -0.15) is 0 Å². The highest BCUT2D eigenvalue weighted by molar-refractivity contribution is 5.72. The molecule has 1 aliphatic heterocycles. The summed E-state index contributed by atoms with van der Waals surface area (Å²) in [5.74, 6) is 1.18. The maximum Gasteiger partial charge on any atom is 0.309 e. The zero-order valence-electron chi connectivity index (χ0n) is 15.1. The van der Waals surface area contributed by atoms with Crippen LogP contribution in [-0.4, -0.2) is 35.9 Å². The Labute approximate surface area is 148 Å². The fourth-order valence-corrected chi connectivity index (χ4v) is 3.40. The van der Waals surface area contributed by atoms with Crippen LogP contribution in [0, 0.1) is 12.8 Å². The number of aryl methyl sites for hydroxylation is 1. The van der Waals surface area contributed by atoms with Crippen molar-refractivity contribution in [2.75, 3.05) is 19.7 Å². The molecule has 2 aromatic rings. The second-order valence-electron chi connectivity index (χ2n) is 6.72. The number of carbonyl (C=O) groups excluding carboxylic acids is 1. The van der Waals surface area contributed by atoms with Crippen LogP contribution in [-0.2, 0) is 9.53 Å². The standard InChI is InChI=1S/C19H25N3O3/c1-4-24-19(23)15-8-10-22(11-9-15)14(3)17-20-21-18(25-17)16-7-5-6-13(2)12-16/h5-7,12,14-15H,4,8-11H2,1-3H3/p+1/t14-/m1/s1. The molecule has 25 heavy (non-hydrogen) atoms. The van der Waals surface area contributed by atoms with Crippen LogP contribution in [0.25, 0.3) is 11.5 Å². The summed E-state index contributed by atoms with van der Waals surface area (Å²) in [4.78, 5) is 13.2. The highest BCUT2D eigenvalue weighted by Gasteiger charge is 2.33. The summed E-state index contributed by atoms with van der Waals surface area (Å²) < 4.78 is 11.1. The van der Waals surface area contributed by atoms with Crippen LogP contribution in [0.2, 0.25) is 0 Å². The van der Waals surface area contributed by atoms with Gasteiger partial charge in [-0.3, -0.25) is 4.79 Å².